The lowest BCUT2D eigenvalue weighted by Gasteiger charge is -2.25. The first-order valence-corrected chi connectivity index (χ1v) is 6.60. The van der Waals surface area contributed by atoms with Crippen molar-refractivity contribution >= 4 is 0 Å². The third kappa shape index (κ3) is 1.37. The zero-order valence-electron chi connectivity index (χ0n) is 10.2. The van der Waals surface area contributed by atoms with E-state index in [0.29, 0.717) is 17.8 Å². The Morgan fingerprint density at radius 1 is 0.889 bits per heavy atom. The van der Waals surface area contributed by atoms with Crippen molar-refractivity contribution in [2.24, 2.45) is 0 Å². The molecule has 0 amide bonds. The van der Waals surface area contributed by atoms with Crippen LogP contribution in [0.25, 0.3) is 0 Å². The summed E-state index contributed by atoms with van der Waals surface area (Å²) in [5.74, 6) is 1.82. The van der Waals surface area contributed by atoms with Gasteiger partial charge in [-0.1, -0.05) is 36.4 Å². The molecule has 1 aromatic carbocycles. The fourth-order valence-corrected chi connectivity index (χ4v) is 3.55. The van der Waals surface area contributed by atoms with Gasteiger partial charge in [-0.2, -0.15) is 0 Å². The van der Waals surface area contributed by atoms with Crippen LogP contribution in [0, 0.1) is 0 Å². The van der Waals surface area contributed by atoms with E-state index in [4.69, 9.17) is 0 Å². The third-order valence-corrected chi connectivity index (χ3v) is 4.38. The second-order valence-corrected chi connectivity index (χ2v) is 5.27. The zero-order valence-corrected chi connectivity index (χ0v) is 10.2. The SMILES string of the molecule is C1=C[C@H](c2ccncc2)[C@H]2C[C@@H]1c1ccccc12. The first-order valence-electron chi connectivity index (χ1n) is 6.60. The molecule has 1 heteroatoms. The fourth-order valence-electron chi connectivity index (χ4n) is 3.55. The number of allylic oxidation sites excluding steroid dienone is 2. The van der Waals surface area contributed by atoms with Gasteiger partial charge in [0.05, 0.1) is 0 Å². The van der Waals surface area contributed by atoms with E-state index in [0.717, 1.165) is 0 Å². The van der Waals surface area contributed by atoms with E-state index in [1.807, 2.05) is 12.4 Å². The summed E-state index contributed by atoms with van der Waals surface area (Å²) in [5.41, 5.74) is 4.48. The smallest absolute Gasteiger partial charge is 0.0270 e. The molecular weight excluding hydrogens is 218 g/mol. The molecule has 1 aromatic heterocycles. The minimum Gasteiger partial charge on any atom is -0.265 e. The predicted octanol–water partition coefficient (Wildman–Crippen LogP) is 4.01. The maximum absolute atomic E-state index is 4.12. The van der Waals surface area contributed by atoms with Gasteiger partial charge in [0.1, 0.15) is 0 Å². The van der Waals surface area contributed by atoms with Gasteiger partial charge in [-0.05, 0) is 41.2 Å². The van der Waals surface area contributed by atoms with Crippen molar-refractivity contribution in [3.8, 4) is 0 Å². The van der Waals surface area contributed by atoms with Gasteiger partial charge >= 0.3 is 0 Å². The van der Waals surface area contributed by atoms with Crippen molar-refractivity contribution in [1.29, 1.82) is 0 Å². The molecule has 0 radical (unpaired) electrons. The number of nitrogens with zero attached hydrogens (tertiary/aromatic N) is 1. The highest BCUT2D eigenvalue weighted by Gasteiger charge is 2.37. The number of hydrogen-bond donors (Lipinski definition) is 0. The molecule has 1 heterocycles. The van der Waals surface area contributed by atoms with Crippen LogP contribution in [0.2, 0.25) is 0 Å². The van der Waals surface area contributed by atoms with Crippen LogP contribution < -0.4 is 0 Å². The average Bonchev–Trinajstić information content (AvgIpc) is 2.74. The molecule has 2 aliphatic carbocycles. The van der Waals surface area contributed by atoms with Gasteiger partial charge in [0.2, 0.25) is 0 Å². The normalized spacial score (nSPS) is 28.1. The van der Waals surface area contributed by atoms with E-state index in [1.54, 1.807) is 5.56 Å². The van der Waals surface area contributed by atoms with Gasteiger partial charge in [0.15, 0.2) is 0 Å². The molecule has 2 aliphatic rings. The Kier molecular flexibility index (Phi) is 2.13. The molecule has 18 heavy (non-hydrogen) atoms. The van der Waals surface area contributed by atoms with Crippen molar-refractivity contribution < 1.29 is 0 Å². The first kappa shape index (κ1) is 10.1. The summed E-state index contributed by atoms with van der Waals surface area (Å²) in [7, 11) is 0. The van der Waals surface area contributed by atoms with Crippen LogP contribution in [0.15, 0.2) is 60.9 Å². The number of aromatic nitrogens is 1. The van der Waals surface area contributed by atoms with Gasteiger partial charge in [-0.15, -0.1) is 0 Å². The Balaban J connectivity index is 1.82. The highest BCUT2D eigenvalue weighted by Crippen LogP contribution is 2.52. The molecule has 1 nitrogen and oxygen atoms in total. The van der Waals surface area contributed by atoms with Crippen molar-refractivity contribution in [2.75, 3.05) is 0 Å². The van der Waals surface area contributed by atoms with E-state index < -0.39 is 0 Å². The van der Waals surface area contributed by atoms with Crippen LogP contribution >= 0.6 is 0 Å². The van der Waals surface area contributed by atoms with E-state index in [-0.39, 0.29) is 0 Å². The molecule has 0 N–H and O–H groups in total. The summed E-state index contributed by atoms with van der Waals surface area (Å²) in [6, 6.07) is 13.2. The predicted molar refractivity (Wildman–Crippen MR) is 72.7 cm³/mol. The monoisotopic (exact) mass is 233 g/mol. The maximum Gasteiger partial charge on any atom is 0.0270 e. The second-order valence-electron chi connectivity index (χ2n) is 5.27. The zero-order chi connectivity index (χ0) is 11.9. The van der Waals surface area contributed by atoms with Crippen molar-refractivity contribution in [3.05, 3.63) is 77.6 Å². The molecule has 3 atom stereocenters. The highest BCUT2D eigenvalue weighted by atomic mass is 14.6. The maximum atomic E-state index is 4.12. The molecular formula is C17H15N. The lowest BCUT2D eigenvalue weighted by atomic mass is 9.79. The Hall–Kier alpha value is -1.89. The van der Waals surface area contributed by atoms with Gasteiger partial charge < -0.3 is 0 Å². The summed E-state index contributed by atoms with van der Waals surface area (Å²) in [4.78, 5) is 4.12. The Morgan fingerprint density at radius 2 is 1.67 bits per heavy atom. The number of hydrogen-bond acceptors (Lipinski definition) is 1. The first-order chi connectivity index (χ1) is 8.93. The highest BCUT2D eigenvalue weighted by molar-refractivity contribution is 5.47. The standard InChI is InChI=1S/C17H15N/c1-2-4-16-14(3-1)13-5-6-15(17(16)11-13)12-7-9-18-10-8-12/h1-10,13,15,17H,11H2/t13-,15-,17-/m1/s1. The minimum atomic E-state index is 0.521. The minimum absolute atomic E-state index is 0.521. The average molecular weight is 233 g/mol. The van der Waals surface area contributed by atoms with Crippen LogP contribution in [-0.4, -0.2) is 4.98 Å². The van der Waals surface area contributed by atoms with Crippen molar-refractivity contribution in [1.82, 2.24) is 4.98 Å². The van der Waals surface area contributed by atoms with E-state index >= 15 is 0 Å². The molecule has 0 saturated heterocycles. The van der Waals surface area contributed by atoms with Gasteiger partial charge in [0, 0.05) is 24.2 Å². The summed E-state index contributed by atoms with van der Waals surface area (Å²) >= 11 is 0. The lowest BCUT2D eigenvalue weighted by Crippen LogP contribution is -2.09. The molecule has 2 aromatic rings. The Morgan fingerprint density at radius 3 is 2.50 bits per heavy atom. The lowest BCUT2D eigenvalue weighted by molar-refractivity contribution is 0.564. The Bertz CT molecular complexity index is 600. The number of pyridine rings is 1. The van der Waals surface area contributed by atoms with E-state index in [1.165, 1.54) is 17.5 Å². The van der Waals surface area contributed by atoms with E-state index in [9.17, 15) is 0 Å². The topological polar surface area (TPSA) is 12.9 Å². The van der Waals surface area contributed by atoms with Gasteiger partial charge in [-0.25, -0.2) is 0 Å². The molecule has 2 bridgehead atoms. The molecule has 0 saturated carbocycles. The van der Waals surface area contributed by atoms with Crippen LogP contribution in [-0.2, 0) is 0 Å². The summed E-state index contributed by atoms with van der Waals surface area (Å²) in [5, 5.41) is 0. The fraction of sp³-hybridized carbons (Fsp3) is 0.235. The van der Waals surface area contributed by atoms with Crippen LogP contribution in [0.5, 0.6) is 0 Å². The largest absolute Gasteiger partial charge is 0.265 e. The van der Waals surface area contributed by atoms with Crippen molar-refractivity contribution in [2.45, 2.75) is 24.2 Å². The number of fused-ring (bicyclic) bond motifs is 5. The summed E-state index contributed by atoms with van der Waals surface area (Å²) < 4.78 is 0. The molecule has 0 unspecified atom stereocenters. The third-order valence-electron chi connectivity index (χ3n) is 4.38. The molecule has 0 aliphatic heterocycles. The van der Waals surface area contributed by atoms with Crippen LogP contribution in [0.1, 0.15) is 40.9 Å². The van der Waals surface area contributed by atoms with E-state index in [2.05, 4.69) is 53.5 Å². The molecule has 0 spiro atoms. The van der Waals surface area contributed by atoms with Crippen LogP contribution in [0.4, 0.5) is 0 Å². The molecule has 88 valence electrons. The summed E-state index contributed by atoms with van der Waals surface area (Å²) in [6.45, 7) is 0. The quantitative estimate of drug-likeness (QED) is 0.678. The second kappa shape index (κ2) is 3.81. The Labute approximate surface area is 107 Å². The number of rotatable bonds is 1. The summed E-state index contributed by atoms with van der Waals surface area (Å²) in [6.07, 6.45) is 9.86. The van der Waals surface area contributed by atoms with Crippen LogP contribution in [0.3, 0.4) is 0 Å². The van der Waals surface area contributed by atoms with Gasteiger partial charge in [0.25, 0.3) is 0 Å². The van der Waals surface area contributed by atoms with Gasteiger partial charge in [-0.3, -0.25) is 4.98 Å². The molecule has 4 rings (SSSR count). The molecule has 0 fully saturated rings. The number of benzene rings is 1. The van der Waals surface area contributed by atoms with Crippen molar-refractivity contribution in [3.63, 3.8) is 0 Å².